The van der Waals surface area contributed by atoms with Gasteiger partial charge in [-0.3, -0.25) is 0 Å². The second-order valence-electron chi connectivity index (χ2n) is 1.40. The number of hydrogen-bond donors (Lipinski definition) is 3. The highest BCUT2D eigenvalue weighted by molar-refractivity contribution is 4.48. The van der Waals surface area contributed by atoms with E-state index in [-0.39, 0.29) is 6.04 Å². The van der Waals surface area contributed by atoms with Crippen LogP contribution in [0.3, 0.4) is 0 Å². The first-order valence-electron chi connectivity index (χ1n) is 2.39. The van der Waals surface area contributed by atoms with Gasteiger partial charge in [-0.25, -0.2) is 0 Å². The molecule has 0 heterocycles. The Balaban J connectivity index is 0. The number of aliphatic hydroxyl groups excluding tert-OH is 1. The number of aliphatic hydroxyl groups is 1. The summed E-state index contributed by atoms with van der Waals surface area (Å²) in [5, 5.41) is 7.33. The fourth-order valence-electron chi connectivity index (χ4n) is 0. The van der Waals surface area contributed by atoms with Crippen LogP contribution in [0.2, 0.25) is 0 Å². The Bertz CT molecular complexity index is 45.7. The summed E-state index contributed by atoms with van der Waals surface area (Å²) in [5.74, 6) is 0. The molecule has 0 aromatic rings. The monoisotopic (exact) mass is 118 g/mol. The normalized spacial score (nSPS) is 10.9. The van der Waals surface area contributed by atoms with E-state index in [1.807, 2.05) is 6.92 Å². The van der Waals surface area contributed by atoms with Crippen LogP contribution >= 0.6 is 0 Å². The summed E-state index contributed by atoms with van der Waals surface area (Å²) in [6.07, 6.45) is 0.750. The van der Waals surface area contributed by atoms with Crippen molar-refractivity contribution in [1.29, 1.82) is 0 Å². The van der Waals surface area contributed by atoms with E-state index in [2.05, 4.69) is 6.58 Å². The van der Waals surface area contributed by atoms with Crippen LogP contribution in [0.25, 0.3) is 0 Å². The van der Waals surface area contributed by atoms with Gasteiger partial charge < -0.3 is 16.6 Å². The predicted octanol–water partition coefficient (Wildman–Crippen LogP) is -0.0198. The molecular formula is C5H14N2O. The summed E-state index contributed by atoms with van der Waals surface area (Å²) in [6.45, 7) is 5.37. The first-order valence-corrected chi connectivity index (χ1v) is 2.39. The smallest absolute Gasteiger partial charge is 0.0719 e. The van der Waals surface area contributed by atoms with Crippen molar-refractivity contribution in [1.82, 2.24) is 0 Å². The van der Waals surface area contributed by atoms with Crippen molar-refractivity contribution in [2.75, 3.05) is 6.54 Å². The SMILES string of the molecule is C=CO.CC(N)CN. The minimum absolute atomic E-state index is 0.162. The average molecular weight is 118 g/mol. The van der Waals surface area contributed by atoms with Gasteiger partial charge in [0.1, 0.15) is 0 Å². The molecule has 8 heavy (non-hydrogen) atoms. The highest BCUT2D eigenvalue weighted by Crippen LogP contribution is 1.59. The van der Waals surface area contributed by atoms with Gasteiger partial charge in [-0.1, -0.05) is 6.58 Å². The Morgan fingerprint density at radius 2 is 2.00 bits per heavy atom. The molecular weight excluding hydrogens is 104 g/mol. The molecule has 1 atom stereocenters. The van der Waals surface area contributed by atoms with Gasteiger partial charge >= 0.3 is 0 Å². The lowest BCUT2D eigenvalue weighted by molar-refractivity contribution is 0.476. The summed E-state index contributed by atoms with van der Waals surface area (Å²) < 4.78 is 0. The molecule has 50 valence electrons. The third-order valence-electron chi connectivity index (χ3n) is 0.372. The van der Waals surface area contributed by atoms with Gasteiger partial charge in [0.25, 0.3) is 0 Å². The van der Waals surface area contributed by atoms with Gasteiger partial charge in [-0.15, -0.1) is 0 Å². The highest BCUT2D eigenvalue weighted by Gasteiger charge is 1.79. The second-order valence-corrected chi connectivity index (χ2v) is 1.40. The van der Waals surface area contributed by atoms with E-state index in [1.54, 1.807) is 0 Å². The highest BCUT2D eigenvalue weighted by atomic mass is 16.2. The summed E-state index contributed by atoms with van der Waals surface area (Å²) >= 11 is 0. The van der Waals surface area contributed by atoms with Gasteiger partial charge in [0.05, 0.1) is 6.26 Å². The third kappa shape index (κ3) is 51.0. The maximum atomic E-state index is 7.33. The van der Waals surface area contributed by atoms with Crippen LogP contribution in [0.4, 0.5) is 0 Å². The topological polar surface area (TPSA) is 72.3 Å². The van der Waals surface area contributed by atoms with Crippen molar-refractivity contribution in [3.63, 3.8) is 0 Å². The van der Waals surface area contributed by atoms with Gasteiger partial charge in [0.15, 0.2) is 0 Å². The molecule has 0 aliphatic rings. The van der Waals surface area contributed by atoms with Crippen LogP contribution in [-0.2, 0) is 0 Å². The molecule has 0 amide bonds. The van der Waals surface area contributed by atoms with Gasteiger partial charge in [-0.2, -0.15) is 0 Å². The standard InChI is InChI=1S/C3H10N2.C2H4O/c1-3(5)2-4;1-2-3/h3H,2,4-5H2,1H3;2-3H,1H2. The van der Waals surface area contributed by atoms with Crippen LogP contribution in [0.15, 0.2) is 12.8 Å². The quantitative estimate of drug-likeness (QED) is 0.424. The molecule has 3 heteroatoms. The number of hydrogen-bond acceptors (Lipinski definition) is 3. The van der Waals surface area contributed by atoms with Crippen LogP contribution < -0.4 is 11.5 Å². The molecule has 1 unspecified atom stereocenters. The summed E-state index contributed by atoms with van der Waals surface area (Å²) in [5.41, 5.74) is 10.2. The second kappa shape index (κ2) is 9.68. The van der Waals surface area contributed by atoms with E-state index in [4.69, 9.17) is 16.6 Å². The molecule has 0 aliphatic heterocycles. The average Bonchev–Trinajstić information content (AvgIpc) is 1.69. The van der Waals surface area contributed by atoms with Crippen molar-refractivity contribution in [3.05, 3.63) is 12.8 Å². The molecule has 0 aliphatic carbocycles. The maximum Gasteiger partial charge on any atom is 0.0719 e. The van der Waals surface area contributed by atoms with Gasteiger partial charge in [0, 0.05) is 12.6 Å². The number of nitrogens with two attached hydrogens (primary N) is 2. The van der Waals surface area contributed by atoms with Crippen molar-refractivity contribution in [2.24, 2.45) is 11.5 Å². The van der Waals surface area contributed by atoms with Crippen LogP contribution in [0, 0.1) is 0 Å². The van der Waals surface area contributed by atoms with Crippen molar-refractivity contribution >= 4 is 0 Å². The zero-order chi connectivity index (χ0) is 6.99. The molecule has 0 radical (unpaired) electrons. The van der Waals surface area contributed by atoms with Gasteiger partial charge in [-0.05, 0) is 6.92 Å². The number of rotatable bonds is 1. The molecule has 0 saturated carbocycles. The molecule has 0 fully saturated rings. The summed E-state index contributed by atoms with van der Waals surface area (Å²) in [7, 11) is 0. The van der Waals surface area contributed by atoms with E-state index < -0.39 is 0 Å². The largest absolute Gasteiger partial charge is 0.516 e. The lowest BCUT2D eigenvalue weighted by Crippen LogP contribution is -2.25. The molecule has 0 rings (SSSR count). The molecule has 0 aromatic carbocycles. The zero-order valence-corrected chi connectivity index (χ0v) is 5.17. The van der Waals surface area contributed by atoms with E-state index in [1.165, 1.54) is 0 Å². The van der Waals surface area contributed by atoms with E-state index >= 15 is 0 Å². The van der Waals surface area contributed by atoms with Crippen LogP contribution in [0.5, 0.6) is 0 Å². The lowest BCUT2D eigenvalue weighted by atomic mass is 10.4. The van der Waals surface area contributed by atoms with Crippen molar-refractivity contribution in [3.8, 4) is 0 Å². The summed E-state index contributed by atoms with van der Waals surface area (Å²) in [4.78, 5) is 0. The minimum Gasteiger partial charge on any atom is -0.516 e. The first kappa shape index (κ1) is 10.4. The molecule has 0 aromatic heterocycles. The molecule has 5 N–H and O–H groups in total. The Hall–Kier alpha value is -0.540. The van der Waals surface area contributed by atoms with E-state index in [0.29, 0.717) is 6.54 Å². The fourth-order valence-corrected chi connectivity index (χ4v) is 0. The van der Waals surface area contributed by atoms with E-state index in [9.17, 15) is 0 Å². The van der Waals surface area contributed by atoms with Crippen LogP contribution in [0.1, 0.15) is 6.92 Å². The fraction of sp³-hybridized carbons (Fsp3) is 0.600. The predicted molar refractivity (Wildman–Crippen MR) is 35.5 cm³/mol. The van der Waals surface area contributed by atoms with Crippen LogP contribution in [-0.4, -0.2) is 17.7 Å². The molecule has 0 bridgehead atoms. The lowest BCUT2D eigenvalue weighted by Gasteiger charge is -1.92. The minimum atomic E-state index is 0.162. The Labute approximate surface area is 50.0 Å². The van der Waals surface area contributed by atoms with Crippen molar-refractivity contribution in [2.45, 2.75) is 13.0 Å². The molecule has 0 saturated heterocycles. The third-order valence-corrected chi connectivity index (χ3v) is 0.372. The molecule has 0 spiro atoms. The van der Waals surface area contributed by atoms with E-state index in [0.717, 1.165) is 6.26 Å². The van der Waals surface area contributed by atoms with Crippen molar-refractivity contribution < 1.29 is 5.11 Å². The summed E-state index contributed by atoms with van der Waals surface area (Å²) in [6, 6.07) is 0.162. The Morgan fingerprint density at radius 1 is 1.88 bits per heavy atom. The Kier molecular flexibility index (Phi) is 12.6. The Morgan fingerprint density at radius 3 is 2.00 bits per heavy atom. The maximum absolute atomic E-state index is 7.33. The molecule has 3 nitrogen and oxygen atoms in total. The first-order chi connectivity index (χ1) is 3.68. The zero-order valence-electron chi connectivity index (χ0n) is 5.17. The van der Waals surface area contributed by atoms with Gasteiger partial charge in [0.2, 0.25) is 0 Å².